The van der Waals surface area contributed by atoms with Crippen LogP contribution >= 0.6 is 31.9 Å². The summed E-state index contributed by atoms with van der Waals surface area (Å²) in [6, 6.07) is 15.1. The van der Waals surface area contributed by atoms with Crippen LogP contribution in [0.2, 0.25) is 0 Å². The third-order valence-corrected chi connectivity index (χ3v) is 4.08. The van der Waals surface area contributed by atoms with Crippen LogP contribution in [-0.2, 0) is 0 Å². The minimum atomic E-state index is -0.0734. The normalized spacial score (nSPS) is 11.9. The van der Waals surface area contributed by atoms with Crippen LogP contribution < -0.4 is 5.32 Å². The molecule has 2 aromatic rings. The monoisotopic (exact) mass is 381 g/mol. The van der Waals surface area contributed by atoms with Crippen LogP contribution in [0.25, 0.3) is 0 Å². The predicted octanol–water partition coefficient (Wildman–Crippen LogP) is 4.70. The van der Waals surface area contributed by atoms with Gasteiger partial charge in [-0.1, -0.05) is 50.1 Å². The molecular weight excluding hydrogens is 370 g/mol. The highest BCUT2D eigenvalue weighted by molar-refractivity contribution is 9.10. The first kappa shape index (κ1) is 14.3. The molecule has 0 aromatic heterocycles. The number of rotatable bonds is 3. The van der Waals surface area contributed by atoms with Crippen molar-refractivity contribution in [2.75, 3.05) is 0 Å². The topological polar surface area (TPSA) is 29.1 Å². The van der Waals surface area contributed by atoms with Gasteiger partial charge in [0.05, 0.1) is 6.04 Å². The molecule has 2 rings (SSSR count). The van der Waals surface area contributed by atoms with Crippen LogP contribution in [0, 0.1) is 0 Å². The summed E-state index contributed by atoms with van der Waals surface area (Å²) in [5.41, 5.74) is 1.72. The Morgan fingerprint density at radius 3 is 2.32 bits per heavy atom. The molecule has 98 valence electrons. The zero-order chi connectivity index (χ0) is 13.8. The third kappa shape index (κ3) is 3.67. The number of halogens is 2. The Bertz CT molecular complexity index is 581. The van der Waals surface area contributed by atoms with Gasteiger partial charge in [-0.25, -0.2) is 0 Å². The summed E-state index contributed by atoms with van der Waals surface area (Å²) in [5.74, 6) is -0.0734. The van der Waals surface area contributed by atoms with Gasteiger partial charge >= 0.3 is 0 Å². The first-order valence-corrected chi connectivity index (χ1v) is 7.47. The molecule has 0 fully saturated rings. The van der Waals surface area contributed by atoms with Gasteiger partial charge in [0.2, 0.25) is 0 Å². The summed E-state index contributed by atoms with van der Waals surface area (Å²) in [7, 11) is 0. The van der Waals surface area contributed by atoms with Crippen molar-refractivity contribution in [3.63, 3.8) is 0 Å². The fourth-order valence-corrected chi connectivity index (χ4v) is 2.68. The number of nitrogens with one attached hydrogen (secondary N) is 1. The first-order valence-electron chi connectivity index (χ1n) is 5.89. The largest absolute Gasteiger partial charge is 0.345 e. The molecule has 0 heterocycles. The number of amides is 1. The molecule has 1 N–H and O–H groups in total. The second-order valence-electron chi connectivity index (χ2n) is 4.22. The van der Waals surface area contributed by atoms with E-state index in [9.17, 15) is 4.79 Å². The van der Waals surface area contributed by atoms with Gasteiger partial charge in [0.1, 0.15) is 0 Å². The molecule has 1 unspecified atom stereocenters. The minimum absolute atomic E-state index is 0.0493. The third-order valence-electron chi connectivity index (χ3n) is 2.83. The van der Waals surface area contributed by atoms with Crippen molar-refractivity contribution in [3.8, 4) is 0 Å². The van der Waals surface area contributed by atoms with E-state index < -0.39 is 0 Å². The van der Waals surface area contributed by atoms with Crippen LogP contribution in [0.4, 0.5) is 0 Å². The van der Waals surface area contributed by atoms with Crippen LogP contribution in [0.3, 0.4) is 0 Å². The molecule has 0 aliphatic carbocycles. The van der Waals surface area contributed by atoms with Gasteiger partial charge in [-0.05, 0) is 42.8 Å². The van der Waals surface area contributed by atoms with E-state index in [0.717, 1.165) is 14.5 Å². The van der Waals surface area contributed by atoms with E-state index in [4.69, 9.17) is 0 Å². The molecule has 1 amide bonds. The van der Waals surface area contributed by atoms with E-state index in [1.54, 1.807) is 12.1 Å². The van der Waals surface area contributed by atoms with E-state index in [2.05, 4.69) is 37.2 Å². The summed E-state index contributed by atoms with van der Waals surface area (Å²) in [6.45, 7) is 1.97. The van der Waals surface area contributed by atoms with E-state index in [1.165, 1.54) is 0 Å². The van der Waals surface area contributed by atoms with E-state index in [0.29, 0.717) is 5.56 Å². The lowest BCUT2D eigenvalue weighted by atomic mass is 10.1. The Kier molecular flexibility index (Phi) is 4.77. The second kappa shape index (κ2) is 6.35. The fourth-order valence-electron chi connectivity index (χ4n) is 1.79. The summed E-state index contributed by atoms with van der Waals surface area (Å²) in [5, 5.41) is 2.99. The van der Waals surface area contributed by atoms with Gasteiger partial charge in [0.25, 0.3) is 5.91 Å². The van der Waals surface area contributed by atoms with Gasteiger partial charge in [-0.2, -0.15) is 0 Å². The van der Waals surface area contributed by atoms with Crippen molar-refractivity contribution in [2.45, 2.75) is 13.0 Å². The van der Waals surface area contributed by atoms with Crippen molar-refractivity contribution < 1.29 is 4.79 Å². The highest BCUT2D eigenvalue weighted by Gasteiger charge is 2.13. The van der Waals surface area contributed by atoms with Crippen molar-refractivity contribution in [2.24, 2.45) is 0 Å². The zero-order valence-electron chi connectivity index (χ0n) is 10.4. The standard InChI is InChI=1S/C15H13Br2NO/c1-10(13-4-2-3-5-14(13)17)18-15(19)11-6-8-12(16)9-7-11/h2-10H,1H3,(H,18,19). The van der Waals surface area contributed by atoms with Gasteiger partial charge in [-0.15, -0.1) is 0 Å². The van der Waals surface area contributed by atoms with Gasteiger partial charge < -0.3 is 5.32 Å². The van der Waals surface area contributed by atoms with Crippen LogP contribution in [0.1, 0.15) is 28.9 Å². The minimum Gasteiger partial charge on any atom is -0.345 e. The van der Waals surface area contributed by atoms with Crippen molar-refractivity contribution in [1.82, 2.24) is 5.32 Å². The maximum Gasteiger partial charge on any atom is 0.251 e. The van der Waals surface area contributed by atoms with E-state index in [1.807, 2.05) is 43.3 Å². The van der Waals surface area contributed by atoms with Gasteiger partial charge in [-0.3, -0.25) is 4.79 Å². The Labute approximate surface area is 129 Å². The summed E-state index contributed by atoms with van der Waals surface area (Å²) in [6.07, 6.45) is 0. The summed E-state index contributed by atoms with van der Waals surface area (Å²) >= 11 is 6.85. The van der Waals surface area contributed by atoms with Crippen LogP contribution in [-0.4, -0.2) is 5.91 Å². The van der Waals surface area contributed by atoms with Crippen molar-refractivity contribution in [1.29, 1.82) is 0 Å². The molecule has 0 aliphatic heterocycles. The lowest BCUT2D eigenvalue weighted by Gasteiger charge is -2.15. The maximum atomic E-state index is 12.1. The number of hydrogen-bond acceptors (Lipinski definition) is 1. The summed E-state index contributed by atoms with van der Waals surface area (Å²) in [4.78, 5) is 12.1. The number of carbonyl (C=O) groups excluding carboxylic acids is 1. The molecule has 4 heteroatoms. The zero-order valence-corrected chi connectivity index (χ0v) is 13.5. The molecule has 0 aliphatic rings. The molecule has 0 spiro atoms. The Balaban J connectivity index is 2.11. The highest BCUT2D eigenvalue weighted by atomic mass is 79.9. The summed E-state index contributed by atoms with van der Waals surface area (Å²) < 4.78 is 1.96. The predicted molar refractivity (Wildman–Crippen MR) is 84.2 cm³/mol. The number of hydrogen-bond donors (Lipinski definition) is 1. The molecule has 0 saturated heterocycles. The lowest BCUT2D eigenvalue weighted by molar-refractivity contribution is 0.0940. The van der Waals surface area contributed by atoms with Gasteiger partial charge in [0.15, 0.2) is 0 Å². The quantitative estimate of drug-likeness (QED) is 0.818. The molecule has 19 heavy (non-hydrogen) atoms. The molecule has 0 saturated carbocycles. The molecule has 1 atom stereocenters. The maximum absolute atomic E-state index is 12.1. The molecule has 0 radical (unpaired) electrons. The van der Waals surface area contributed by atoms with E-state index >= 15 is 0 Å². The van der Waals surface area contributed by atoms with E-state index in [-0.39, 0.29) is 11.9 Å². The van der Waals surface area contributed by atoms with Crippen molar-refractivity contribution >= 4 is 37.8 Å². The average molecular weight is 383 g/mol. The van der Waals surface area contributed by atoms with Gasteiger partial charge in [0, 0.05) is 14.5 Å². The second-order valence-corrected chi connectivity index (χ2v) is 5.99. The first-order chi connectivity index (χ1) is 9.08. The fraction of sp³-hybridized carbons (Fsp3) is 0.133. The Hall–Kier alpha value is -1.13. The van der Waals surface area contributed by atoms with Crippen molar-refractivity contribution in [3.05, 3.63) is 68.6 Å². The molecule has 2 nitrogen and oxygen atoms in total. The molecule has 0 bridgehead atoms. The lowest BCUT2D eigenvalue weighted by Crippen LogP contribution is -2.26. The highest BCUT2D eigenvalue weighted by Crippen LogP contribution is 2.23. The molecule has 2 aromatic carbocycles. The smallest absolute Gasteiger partial charge is 0.251 e. The number of carbonyl (C=O) groups is 1. The van der Waals surface area contributed by atoms with Crippen LogP contribution in [0.5, 0.6) is 0 Å². The number of benzene rings is 2. The average Bonchev–Trinajstić information content (AvgIpc) is 2.39. The SMILES string of the molecule is CC(NC(=O)c1ccc(Br)cc1)c1ccccc1Br. The Morgan fingerprint density at radius 2 is 1.68 bits per heavy atom. The molecular formula is C15H13Br2NO. The van der Waals surface area contributed by atoms with Crippen LogP contribution in [0.15, 0.2) is 57.5 Å². The Morgan fingerprint density at radius 1 is 1.05 bits per heavy atom.